The maximum absolute atomic E-state index is 12.5. The highest BCUT2D eigenvalue weighted by Crippen LogP contribution is 2.34. The molecular formula is C15H14ClNO2S2. The van der Waals surface area contributed by atoms with E-state index in [0.717, 1.165) is 25.0 Å². The van der Waals surface area contributed by atoms with Crippen molar-refractivity contribution in [1.82, 2.24) is 4.90 Å². The van der Waals surface area contributed by atoms with E-state index in [1.807, 2.05) is 18.2 Å². The number of carbonyl (C=O) groups excluding carboxylic acids is 1. The van der Waals surface area contributed by atoms with Crippen LogP contribution in [0.15, 0.2) is 29.2 Å². The van der Waals surface area contributed by atoms with Crippen LogP contribution in [-0.4, -0.2) is 34.4 Å². The largest absolute Gasteiger partial charge is 0.376 e. The molecule has 2 aliphatic heterocycles. The van der Waals surface area contributed by atoms with Crippen LogP contribution in [0, 0.1) is 0 Å². The van der Waals surface area contributed by atoms with Gasteiger partial charge >= 0.3 is 0 Å². The topological polar surface area (TPSA) is 29.5 Å². The van der Waals surface area contributed by atoms with E-state index in [9.17, 15) is 4.79 Å². The molecule has 2 fully saturated rings. The number of benzene rings is 1. The molecule has 0 N–H and O–H groups in total. The van der Waals surface area contributed by atoms with Gasteiger partial charge in [0.15, 0.2) is 0 Å². The van der Waals surface area contributed by atoms with Crippen LogP contribution in [-0.2, 0) is 9.53 Å². The normalized spacial score (nSPS) is 24.3. The molecule has 0 radical (unpaired) electrons. The highest BCUT2D eigenvalue weighted by molar-refractivity contribution is 8.26. The first kappa shape index (κ1) is 15.0. The van der Waals surface area contributed by atoms with Crippen molar-refractivity contribution in [1.29, 1.82) is 0 Å². The molecule has 1 aromatic carbocycles. The molecule has 2 aliphatic rings. The molecule has 2 heterocycles. The number of hydrogen-bond acceptors (Lipinski definition) is 4. The SMILES string of the molecule is O=C1/C(=C\c2ccccc2Cl)SC(=S)N1C[C@H]1CCCO1. The molecular weight excluding hydrogens is 326 g/mol. The fraction of sp³-hybridized carbons (Fsp3) is 0.333. The molecule has 21 heavy (non-hydrogen) atoms. The van der Waals surface area contributed by atoms with Crippen LogP contribution in [0.2, 0.25) is 5.02 Å². The number of rotatable bonds is 3. The number of halogens is 1. The second-order valence-electron chi connectivity index (χ2n) is 4.95. The van der Waals surface area contributed by atoms with Gasteiger partial charge in [0.2, 0.25) is 0 Å². The summed E-state index contributed by atoms with van der Waals surface area (Å²) in [5.74, 6) is -0.0552. The van der Waals surface area contributed by atoms with Crippen molar-refractivity contribution in [3.63, 3.8) is 0 Å². The van der Waals surface area contributed by atoms with Crippen molar-refractivity contribution in [2.45, 2.75) is 18.9 Å². The van der Waals surface area contributed by atoms with E-state index in [0.29, 0.717) is 20.8 Å². The lowest BCUT2D eigenvalue weighted by molar-refractivity contribution is -0.123. The Morgan fingerprint density at radius 3 is 3.00 bits per heavy atom. The first-order valence-electron chi connectivity index (χ1n) is 6.76. The zero-order valence-electron chi connectivity index (χ0n) is 11.3. The first-order chi connectivity index (χ1) is 10.1. The molecule has 1 atom stereocenters. The molecule has 0 unspecified atom stereocenters. The van der Waals surface area contributed by atoms with Crippen molar-refractivity contribution >= 4 is 51.9 Å². The van der Waals surface area contributed by atoms with Gasteiger partial charge in [0.05, 0.1) is 17.6 Å². The van der Waals surface area contributed by atoms with Crippen LogP contribution in [0.1, 0.15) is 18.4 Å². The first-order valence-corrected chi connectivity index (χ1v) is 8.37. The van der Waals surface area contributed by atoms with Crippen LogP contribution in [0.4, 0.5) is 0 Å². The molecule has 6 heteroatoms. The Balaban J connectivity index is 1.78. The molecule has 0 aromatic heterocycles. The Kier molecular flexibility index (Phi) is 4.64. The van der Waals surface area contributed by atoms with Crippen molar-refractivity contribution in [2.24, 2.45) is 0 Å². The third-order valence-electron chi connectivity index (χ3n) is 3.48. The fourth-order valence-electron chi connectivity index (χ4n) is 2.38. The van der Waals surface area contributed by atoms with E-state index in [2.05, 4.69) is 0 Å². The van der Waals surface area contributed by atoms with Crippen molar-refractivity contribution < 1.29 is 9.53 Å². The number of thiocarbonyl (C=S) groups is 1. The minimum absolute atomic E-state index is 0.0552. The Bertz CT molecular complexity index is 611. The molecule has 1 amide bonds. The highest BCUT2D eigenvalue weighted by Gasteiger charge is 2.34. The third kappa shape index (κ3) is 3.31. The van der Waals surface area contributed by atoms with Gasteiger partial charge in [-0.05, 0) is 30.5 Å². The highest BCUT2D eigenvalue weighted by atomic mass is 35.5. The minimum atomic E-state index is -0.0552. The lowest BCUT2D eigenvalue weighted by Gasteiger charge is -2.18. The monoisotopic (exact) mass is 339 g/mol. The summed E-state index contributed by atoms with van der Waals surface area (Å²) < 4.78 is 6.17. The summed E-state index contributed by atoms with van der Waals surface area (Å²) in [6.07, 6.45) is 3.94. The average molecular weight is 340 g/mol. The van der Waals surface area contributed by atoms with E-state index in [1.165, 1.54) is 11.8 Å². The lowest BCUT2D eigenvalue weighted by atomic mass is 10.2. The Labute approximate surface area is 138 Å². The molecule has 0 saturated carbocycles. The Hall–Kier alpha value is -0.880. The van der Waals surface area contributed by atoms with Crippen LogP contribution in [0.25, 0.3) is 6.08 Å². The molecule has 1 aromatic rings. The quantitative estimate of drug-likeness (QED) is 0.620. The van der Waals surface area contributed by atoms with Gasteiger partial charge in [0.25, 0.3) is 5.91 Å². The van der Waals surface area contributed by atoms with Crippen LogP contribution < -0.4 is 0 Å². The summed E-state index contributed by atoms with van der Waals surface area (Å²) >= 11 is 12.8. The van der Waals surface area contributed by atoms with Gasteiger partial charge in [-0.3, -0.25) is 9.69 Å². The number of nitrogens with zero attached hydrogens (tertiary/aromatic N) is 1. The standard InChI is InChI=1S/C15H14ClNO2S2/c16-12-6-2-1-4-10(12)8-13-14(18)17(15(20)21-13)9-11-5-3-7-19-11/h1-2,4,6,8,11H,3,5,7,9H2/b13-8+/t11-/m1/s1. The molecule has 0 spiro atoms. The minimum Gasteiger partial charge on any atom is -0.376 e. The van der Waals surface area contributed by atoms with E-state index in [4.69, 9.17) is 28.6 Å². The number of ether oxygens (including phenoxy) is 1. The smallest absolute Gasteiger partial charge is 0.266 e. The predicted molar refractivity (Wildman–Crippen MR) is 90.3 cm³/mol. The third-order valence-corrected chi connectivity index (χ3v) is 5.20. The summed E-state index contributed by atoms with van der Waals surface area (Å²) in [6.45, 7) is 1.32. The summed E-state index contributed by atoms with van der Waals surface area (Å²) in [4.78, 5) is 14.7. The van der Waals surface area contributed by atoms with Gasteiger partial charge in [-0.15, -0.1) is 0 Å². The van der Waals surface area contributed by atoms with E-state index < -0.39 is 0 Å². The maximum Gasteiger partial charge on any atom is 0.266 e. The molecule has 3 nitrogen and oxygen atoms in total. The van der Waals surface area contributed by atoms with Crippen molar-refractivity contribution in [2.75, 3.05) is 13.2 Å². The fourth-order valence-corrected chi connectivity index (χ4v) is 3.84. The van der Waals surface area contributed by atoms with Crippen LogP contribution in [0.3, 0.4) is 0 Å². The zero-order valence-corrected chi connectivity index (χ0v) is 13.6. The molecule has 3 rings (SSSR count). The van der Waals surface area contributed by atoms with Crippen LogP contribution in [0.5, 0.6) is 0 Å². The Morgan fingerprint density at radius 1 is 1.48 bits per heavy atom. The Morgan fingerprint density at radius 2 is 2.29 bits per heavy atom. The molecule has 0 aliphatic carbocycles. The predicted octanol–water partition coefficient (Wildman–Crippen LogP) is 3.72. The zero-order chi connectivity index (χ0) is 14.8. The number of carbonyl (C=O) groups is 1. The number of hydrogen-bond donors (Lipinski definition) is 0. The van der Waals surface area contributed by atoms with Crippen LogP contribution >= 0.6 is 35.6 Å². The second kappa shape index (κ2) is 6.48. The van der Waals surface area contributed by atoms with E-state index in [-0.39, 0.29) is 12.0 Å². The van der Waals surface area contributed by atoms with Gasteiger partial charge in [0, 0.05) is 11.6 Å². The van der Waals surface area contributed by atoms with Gasteiger partial charge in [0.1, 0.15) is 4.32 Å². The molecule has 2 saturated heterocycles. The second-order valence-corrected chi connectivity index (χ2v) is 7.03. The lowest BCUT2D eigenvalue weighted by Crippen LogP contribution is -2.35. The van der Waals surface area contributed by atoms with Gasteiger partial charge in [-0.1, -0.05) is 53.8 Å². The summed E-state index contributed by atoms with van der Waals surface area (Å²) in [5.41, 5.74) is 0.830. The summed E-state index contributed by atoms with van der Waals surface area (Å²) in [7, 11) is 0. The average Bonchev–Trinajstić information content (AvgIpc) is 3.06. The van der Waals surface area contributed by atoms with Gasteiger partial charge in [-0.25, -0.2) is 0 Å². The summed E-state index contributed by atoms with van der Waals surface area (Å²) in [5, 5.41) is 0.627. The number of amides is 1. The van der Waals surface area contributed by atoms with Gasteiger partial charge in [-0.2, -0.15) is 0 Å². The van der Waals surface area contributed by atoms with E-state index >= 15 is 0 Å². The van der Waals surface area contributed by atoms with Gasteiger partial charge < -0.3 is 4.74 Å². The van der Waals surface area contributed by atoms with Crippen molar-refractivity contribution in [3.8, 4) is 0 Å². The number of thioether (sulfide) groups is 1. The van der Waals surface area contributed by atoms with Crippen molar-refractivity contribution in [3.05, 3.63) is 39.8 Å². The van der Waals surface area contributed by atoms with E-state index in [1.54, 1.807) is 17.0 Å². The molecule has 0 bridgehead atoms. The molecule has 110 valence electrons. The summed E-state index contributed by atoms with van der Waals surface area (Å²) in [6, 6.07) is 7.45. The maximum atomic E-state index is 12.5.